The third-order valence-electron chi connectivity index (χ3n) is 6.51. The molecular weight excluding hydrogens is 518 g/mol. The van der Waals surface area contributed by atoms with E-state index >= 15 is 0 Å². The number of phenols is 1. The van der Waals surface area contributed by atoms with E-state index in [1.54, 1.807) is 24.7 Å². The Labute approximate surface area is 230 Å². The number of piperazine rings is 1. The van der Waals surface area contributed by atoms with Crippen LogP contribution < -0.4 is 15.1 Å². The van der Waals surface area contributed by atoms with Crippen molar-refractivity contribution in [3.63, 3.8) is 0 Å². The van der Waals surface area contributed by atoms with Crippen LogP contribution in [0.3, 0.4) is 0 Å². The number of carbonyl (C=O) groups excluding carboxylic acids is 2. The lowest BCUT2D eigenvalue weighted by Crippen LogP contribution is -2.50. The quantitative estimate of drug-likeness (QED) is 0.269. The maximum absolute atomic E-state index is 12.9. The Kier molecular flexibility index (Phi) is 7.88. The summed E-state index contributed by atoms with van der Waals surface area (Å²) in [5, 5.41) is 15.4. The number of halogens is 1. The standard InChI is InChI=1S/C29H26ClN5O4/c30-25-17-20(5-7-26(25)36)29(38)33-32-18-21-6-8-27(24-4-2-1-3-23(21)24)39-19-28(37)35-15-13-34(14-16-35)22-9-11-31-12-10-22/h1-12,17-18,36H,13-16,19H2,(H,33,38)/b32-18+. The van der Waals surface area contributed by atoms with Crippen LogP contribution in [0.25, 0.3) is 10.8 Å². The number of aromatic hydroxyl groups is 1. The second kappa shape index (κ2) is 11.8. The number of anilines is 1. The van der Waals surface area contributed by atoms with Crippen molar-refractivity contribution < 1.29 is 19.4 Å². The van der Waals surface area contributed by atoms with Gasteiger partial charge in [0.25, 0.3) is 11.8 Å². The summed E-state index contributed by atoms with van der Waals surface area (Å²) in [4.78, 5) is 33.3. The molecule has 2 heterocycles. The summed E-state index contributed by atoms with van der Waals surface area (Å²) in [6.07, 6.45) is 5.08. The fourth-order valence-electron chi connectivity index (χ4n) is 4.41. The normalized spacial score (nSPS) is 13.6. The third-order valence-corrected chi connectivity index (χ3v) is 6.81. The van der Waals surface area contributed by atoms with Gasteiger partial charge in [0.05, 0.1) is 11.2 Å². The number of rotatable bonds is 7. The smallest absolute Gasteiger partial charge is 0.271 e. The first-order valence-electron chi connectivity index (χ1n) is 12.4. The van der Waals surface area contributed by atoms with Gasteiger partial charge in [0.1, 0.15) is 11.5 Å². The number of carbonyl (C=O) groups is 2. The molecule has 1 fully saturated rings. The van der Waals surface area contributed by atoms with Crippen molar-refractivity contribution in [2.75, 3.05) is 37.7 Å². The number of ether oxygens (including phenoxy) is 1. The van der Waals surface area contributed by atoms with Crippen molar-refractivity contribution in [1.82, 2.24) is 15.3 Å². The molecular formula is C29H26ClN5O4. The van der Waals surface area contributed by atoms with E-state index in [0.29, 0.717) is 18.8 Å². The number of nitrogens with one attached hydrogen (secondary N) is 1. The number of fused-ring (bicyclic) bond motifs is 1. The number of hydrazone groups is 1. The van der Waals surface area contributed by atoms with Gasteiger partial charge in [0.2, 0.25) is 0 Å². The average molecular weight is 544 g/mol. The molecule has 0 atom stereocenters. The summed E-state index contributed by atoms with van der Waals surface area (Å²) in [5.74, 6) is -0.0289. The molecule has 198 valence electrons. The van der Waals surface area contributed by atoms with Gasteiger partial charge >= 0.3 is 0 Å². The molecule has 5 rings (SSSR count). The second-order valence-corrected chi connectivity index (χ2v) is 9.33. The van der Waals surface area contributed by atoms with E-state index in [1.807, 2.05) is 47.4 Å². The van der Waals surface area contributed by atoms with Gasteiger partial charge in [-0.15, -0.1) is 0 Å². The summed E-state index contributed by atoms with van der Waals surface area (Å²) in [6, 6.07) is 19.4. The zero-order valence-electron chi connectivity index (χ0n) is 21.0. The van der Waals surface area contributed by atoms with E-state index in [-0.39, 0.29) is 28.8 Å². The van der Waals surface area contributed by atoms with Crippen LogP contribution in [0.4, 0.5) is 5.69 Å². The Morgan fingerprint density at radius 3 is 2.49 bits per heavy atom. The molecule has 1 aliphatic rings. The second-order valence-electron chi connectivity index (χ2n) is 8.93. The van der Waals surface area contributed by atoms with Crippen molar-refractivity contribution in [3.05, 3.63) is 95.3 Å². The summed E-state index contributed by atoms with van der Waals surface area (Å²) in [7, 11) is 0. The van der Waals surface area contributed by atoms with Gasteiger partial charge in [-0.1, -0.05) is 35.9 Å². The molecule has 0 saturated carbocycles. The van der Waals surface area contributed by atoms with Gasteiger partial charge in [0, 0.05) is 60.8 Å². The number of amides is 2. The van der Waals surface area contributed by atoms with E-state index in [1.165, 1.54) is 18.2 Å². The van der Waals surface area contributed by atoms with Gasteiger partial charge < -0.3 is 19.6 Å². The van der Waals surface area contributed by atoms with Crippen LogP contribution in [0.5, 0.6) is 11.5 Å². The van der Waals surface area contributed by atoms with Gasteiger partial charge in [0.15, 0.2) is 6.61 Å². The number of nitrogens with zero attached hydrogens (tertiary/aromatic N) is 4. The SMILES string of the molecule is O=C(N/N=C/c1ccc(OCC(=O)N2CCN(c3ccncc3)CC2)c2ccccc12)c1ccc(O)c(Cl)c1. The van der Waals surface area contributed by atoms with E-state index < -0.39 is 5.91 Å². The Hall–Kier alpha value is -4.63. The first kappa shape index (κ1) is 26.0. The fourth-order valence-corrected chi connectivity index (χ4v) is 4.59. The van der Waals surface area contributed by atoms with Crippen molar-refractivity contribution in [2.45, 2.75) is 0 Å². The largest absolute Gasteiger partial charge is 0.506 e. The molecule has 0 spiro atoms. The Balaban J connectivity index is 1.20. The summed E-state index contributed by atoms with van der Waals surface area (Å²) >= 11 is 5.88. The number of hydrogen-bond donors (Lipinski definition) is 2. The number of pyridine rings is 1. The van der Waals surface area contributed by atoms with Crippen LogP contribution >= 0.6 is 11.6 Å². The van der Waals surface area contributed by atoms with Crippen molar-refractivity contribution in [1.29, 1.82) is 0 Å². The topological polar surface area (TPSA) is 107 Å². The minimum absolute atomic E-state index is 0.0576. The fraction of sp³-hybridized carbons (Fsp3) is 0.172. The minimum Gasteiger partial charge on any atom is -0.506 e. The summed E-state index contributed by atoms with van der Waals surface area (Å²) < 4.78 is 5.96. The van der Waals surface area contributed by atoms with E-state index in [4.69, 9.17) is 16.3 Å². The molecule has 10 heteroatoms. The highest BCUT2D eigenvalue weighted by Crippen LogP contribution is 2.28. The minimum atomic E-state index is -0.461. The third kappa shape index (κ3) is 6.10. The lowest BCUT2D eigenvalue weighted by atomic mass is 10.0. The molecule has 0 unspecified atom stereocenters. The van der Waals surface area contributed by atoms with Crippen LogP contribution in [0.2, 0.25) is 5.02 Å². The molecule has 0 bridgehead atoms. The van der Waals surface area contributed by atoms with Gasteiger partial charge in [-0.2, -0.15) is 5.10 Å². The monoisotopic (exact) mass is 543 g/mol. The molecule has 1 aliphatic heterocycles. The highest BCUT2D eigenvalue weighted by molar-refractivity contribution is 6.32. The van der Waals surface area contributed by atoms with Crippen molar-refractivity contribution in [3.8, 4) is 11.5 Å². The first-order valence-corrected chi connectivity index (χ1v) is 12.8. The lowest BCUT2D eigenvalue weighted by Gasteiger charge is -2.36. The van der Waals surface area contributed by atoms with E-state index in [9.17, 15) is 14.7 Å². The van der Waals surface area contributed by atoms with Gasteiger partial charge in [-0.05, 0) is 47.9 Å². The Morgan fingerprint density at radius 1 is 1.00 bits per heavy atom. The van der Waals surface area contributed by atoms with Crippen LogP contribution in [0.1, 0.15) is 15.9 Å². The van der Waals surface area contributed by atoms with Gasteiger partial charge in [-0.3, -0.25) is 14.6 Å². The zero-order valence-corrected chi connectivity index (χ0v) is 21.7. The highest BCUT2D eigenvalue weighted by Gasteiger charge is 2.22. The maximum atomic E-state index is 12.9. The van der Waals surface area contributed by atoms with Crippen LogP contribution in [0.15, 0.2) is 84.2 Å². The summed E-state index contributed by atoms with van der Waals surface area (Å²) in [5.41, 5.74) is 4.60. The maximum Gasteiger partial charge on any atom is 0.271 e. The number of hydrogen-bond acceptors (Lipinski definition) is 7. The molecule has 3 aromatic carbocycles. The molecule has 0 aliphatic carbocycles. The average Bonchev–Trinajstić information content (AvgIpc) is 2.98. The molecule has 0 radical (unpaired) electrons. The van der Waals surface area contributed by atoms with Crippen molar-refractivity contribution in [2.24, 2.45) is 5.10 Å². The highest BCUT2D eigenvalue weighted by atomic mass is 35.5. The number of aromatic nitrogens is 1. The molecule has 2 amide bonds. The number of benzene rings is 3. The molecule has 1 aromatic heterocycles. The first-order chi connectivity index (χ1) is 19.0. The zero-order chi connectivity index (χ0) is 27.2. The van der Waals surface area contributed by atoms with Crippen LogP contribution in [0, 0.1) is 0 Å². The van der Waals surface area contributed by atoms with E-state index in [2.05, 4.69) is 20.4 Å². The molecule has 2 N–H and O–H groups in total. The van der Waals surface area contributed by atoms with E-state index in [0.717, 1.165) is 35.1 Å². The van der Waals surface area contributed by atoms with Crippen molar-refractivity contribution >= 4 is 46.1 Å². The Bertz CT molecular complexity index is 1520. The summed E-state index contributed by atoms with van der Waals surface area (Å²) in [6.45, 7) is 2.70. The van der Waals surface area contributed by atoms with Crippen LogP contribution in [-0.2, 0) is 4.79 Å². The molecule has 9 nitrogen and oxygen atoms in total. The Morgan fingerprint density at radius 2 is 1.74 bits per heavy atom. The predicted octanol–water partition coefficient (Wildman–Crippen LogP) is 4.09. The van der Waals surface area contributed by atoms with Crippen LogP contribution in [-0.4, -0.2) is 65.8 Å². The molecule has 1 saturated heterocycles. The predicted molar refractivity (Wildman–Crippen MR) is 151 cm³/mol. The van der Waals surface area contributed by atoms with Gasteiger partial charge in [-0.25, -0.2) is 5.43 Å². The molecule has 39 heavy (non-hydrogen) atoms. The number of phenolic OH excluding ortho intramolecular Hbond substituents is 1. The molecule has 4 aromatic rings. The lowest BCUT2D eigenvalue weighted by molar-refractivity contribution is -0.133.